The number of nitrogens with zero attached hydrogens (tertiary/aromatic N) is 1. The first-order chi connectivity index (χ1) is 6.25. The highest BCUT2D eigenvalue weighted by molar-refractivity contribution is 6.24. The summed E-state index contributed by atoms with van der Waals surface area (Å²) in [6.07, 6.45) is 0. The lowest BCUT2D eigenvalue weighted by Crippen LogP contribution is -2.27. The van der Waals surface area contributed by atoms with Crippen LogP contribution in [0.4, 0.5) is 0 Å². The van der Waals surface area contributed by atoms with Crippen LogP contribution in [0.25, 0.3) is 0 Å². The van der Waals surface area contributed by atoms with Crippen LogP contribution < -0.4 is 5.73 Å². The second-order valence-corrected chi connectivity index (χ2v) is 2.95. The average Bonchev–Trinajstić information content (AvgIpc) is 2.18. The summed E-state index contributed by atoms with van der Waals surface area (Å²) in [6, 6.07) is 8.86. The molecule has 0 aliphatic carbocycles. The molecule has 0 saturated heterocycles. The van der Waals surface area contributed by atoms with Gasteiger partial charge in [0.15, 0.2) is 0 Å². The number of halogens is 1. The van der Waals surface area contributed by atoms with Crippen LogP contribution in [-0.4, -0.2) is 23.4 Å². The lowest BCUT2D eigenvalue weighted by Gasteiger charge is -2.11. The number of hydrogen-bond donors (Lipinski definition) is 1. The van der Waals surface area contributed by atoms with Crippen LogP contribution in [0.5, 0.6) is 0 Å². The second-order valence-electron chi connectivity index (χ2n) is 2.55. The summed E-state index contributed by atoms with van der Waals surface area (Å²) in [6.45, 7) is 0.720. The summed E-state index contributed by atoms with van der Waals surface area (Å²) in [4.78, 5) is 11.5. The zero-order valence-corrected chi connectivity index (χ0v) is 7.87. The predicted octanol–water partition coefficient (Wildman–Crippen LogP) is 1.24. The molecule has 0 saturated carbocycles. The molecule has 0 unspecified atom stereocenters. The van der Waals surface area contributed by atoms with Gasteiger partial charge in [0.25, 0.3) is 5.91 Å². The minimum Gasteiger partial charge on any atom is -0.329 e. The van der Waals surface area contributed by atoms with E-state index in [4.69, 9.17) is 17.5 Å². The Morgan fingerprint density at radius 2 is 2.00 bits per heavy atom. The van der Waals surface area contributed by atoms with Gasteiger partial charge in [-0.3, -0.25) is 4.79 Å². The van der Waals surface area contributed by atoms with Gasteiger partial charge in [0, 0.05) is 23.9 Å². The Labute approximate surface area is 82.2 Å². The number of amides is 1. The van der Waals surface area contributed by atoms with E-state index in [1.54, 1.807) is 24.3 Å². The van der Waals surface area contributed by atoms with Crippen molar-refractivity contribution in [3.8, 4) is 0 Å². The van der Waals surface area contributed by atoms with E-state index in [9.17, 15) is 4.79 Å². The monoisotopic (exact) mass is 198 g/mol. The maximum Gasteiger partial charge on any atom is 0.268 e. The molecule has 0 aromatic heterocycles. The summed E-state index contributed by atoms with van der Waals surface area (Å²) in [5.41, 5.74) is 5.84. The number of hydrogen-bond acceptors (Lipinski definition) is 2. The molecule has 0 bridgehead atoms. The first-order valence-electron chi connectivity index (χ1n) is 3.98. The van der Waals surface area contributed by atoms with Gasteiger partial charge in [0.2, 0.25) is 0 Å². The van der Waals surface area contributed by atoms with Gasteiger partial charge >= 0.3 is 0 Å². The highest BCUT2D eigenvalue weighted by Crippen LogP contribution is 2.05. The summed E-state index contributed by atoms with van der Waals surface area (Å²) in [7, 11) is 0. The van der Waals surface area contributed by atoms with Crippen molar-refractivity contribution in [1.82, 2.24) is 4.42 Å². The molecule has 13 heavy (non-hydrogen) atoms. The van der Waals surface area contributed by atoms with Crippen LogP contribution in [0, 0.1) is 0 Å². The molecule has 0 heterocycles. The van der Waals surface area contributed by atoms with Crippen LogP contribution in [0.15, 0.2) is 30.3 Å². The number of rotatable bonds is 3. The first kappa shape index (κ1) is 10.0. The molecule has 4 heteroatoms. The van der Waals surface area contributed by atoms with E-state index in [-0.39, 0.29) is 5.91 Å². The Hall–Kier alpha value is -1.06. The molecule has 1 rings (SSSR count). The van der Waals surface area contributed by atoms with Crippen molar-refractivity contribution in [3.05, 3.63) is 35.9 Å². The summed E-state index contributed by atoms with van der Waals surface area (Å²) in [5.74, 6) is -0.215. The molecule has 3 nitrogen and oxygen atoms in total. The lowest BCUT2D eigenvalue weighted by atomic mass is 10.2. The van der Waals surface area contributed by atoms with Crippen molar-refractivity contribution in [3.63, 3.8) is 0 Å². The number of nitrogens with two attached hydrogens (primary N) is 1. The first-order valence-corrected chi connectivity index (χ1v) is 4.32. The topological polar surface area (TPSA) is 46.3 Å². The van der Waals surface area contributed by atoms with Crippen molar-refractivity contribution in [1.29, 1.82) is 0 Å². The summed E-state index contributed by atoms with van der Waals surface area (Å²) in [5, 5.41) is 0. The molecule has 0 fully saturated rings. The SMILES string of the molecule is NCCN(Cl)C(=O)c1ccccc1. The molecule has 0 radical (unpaired) electrons. The highest BCUT2D eigenvalue weighted by Gasteiger charge is 2.11. The molecule has 0 spiro atoms. The minimum atomic E-state index is -0.215. The molecule has 1 aromatic rings. The van der Waals surface area contributed by atoms with E-state index in [1.807, 2.05) is 6.07 Å². The average molecular weight is 199 g/mol. The molecular formula is C9H11ClN2O. The van der Waals surface area contributed by atoms with Crippen LogP contribution >= 0.6 is 11.8 Å². The van der Waals surface area contributed by atoms with Gasteiger partial charge in [0.1, 0.15) is 0 Å². The Morgan fingerprint density at radius 1 is 1.38 bits per heavy atom. The molecule has 1 amide bonds. The van der Waals surface area contributed by atoms with Crippen LogP contribution in [0.2, 0.25) is 0 Å². The van der Waals surface area contributed by atoms with Gasteiger partial charge in [-0.25, -0.2) is 4.42 Å². The third kappa shape index (κ3) is 2.72. The Balaban J connectivity index is 2.68. The van der Waals surface area contributed by atoms with Gasteiger partial charge in [-0.15, -0.1) is 0 Å². The maximum absolute atomic E-state index is 11.5. The second kappa shape index (κ2) is 4.84. The number of carbonyl (C=O) groups excluding carboxylic acids is 1. The smallest absolute Gasteiger partial charge is 0.268 e. The fraction of sp³-hybridized carbons (Fsp3) is 0.222. The quantitative estimate of drug-likeness (QED) is 0.743. The molecule has 0 aliphatic heterocycles. The van der Waals surface area contributed by atoms with E-state index in [0.717, 1.165) is 4.42 Å². The van der Waals surface area contributed by atoms with Crippen molar-refractivity contribution in [2.75, 3.05) is 13.1 Å². The largest absolute Gasteiger partial charge is 0.329 e. The van der Waals surface area contributed by atoms with Gasteiger partial charge in [-0.1, -0.05) is 18.2 Å². The maximum atomic E-state index is 11.5. The number of carbonyl (C=O) groups is 1. The Morgan fingerprint density at radius 3 is 2.54 bits per heavy atom. The third-order valence-electron chi connectivity index (χ3n) is 1.57. The zero-order valence-electron chi connectivity index (χ0n) is 7.11. The van der Waals surface area contributed by atoms with Crippen LogP contribution in [0.1, 0.15) is 10.4 Å². The van der Waals surface area contributed by atoms with E-state index >= 15 is 0 Å². The Bertz CT molecular complexity index is 276. The van der Waals surface area contributed by atoms with Gasteiger partial charge < -0.3 is 5.73 Å². The molecule has 70 valence electrons. The lowest BCUT2D eigenvalue weighted by molar-refractivity contribution is 0.0866. The van der Waals surface area contributed by atoms with E-state index in [1.165, 1.54) is 0 Å². The summed E-state index contributed by atoms with van der Waals surface area (Å²) < 4.78 is 1.09. The van der Waals surface area contributed by atoms with Crippen molar-refractivity contribution >= 4 is 17.7 Å². The molecular weight excluding hydrogens is 188 g/mol. The normalized spacial score (nSPS) is 9.69. The van der Waals surface area contributed by atoms with Gasteiger partial charge in [0.05, 0.1) is 6.54 Å². The standard InChI is InChI=1S/C9H11ClN2O/c10-12(7-6-11)9(13)8-4-2-1-3-5-8/h1-5H,6-7,11H2. The highest BCUT2D eigenvalue weighted by atomic mass is 35.5. The van der Waals surface area contributed by atoms with Crippen LogP contribution in [0.3, 0.4) is 0 Å². The van der Waals surface area contributed by atoms with E-state index in [0.29, 0.717) is 18.7 Å². The Kier molecular flexibility index (Phi) is 3.73. The van der Waals surface area contributed by atoms with Crippen molar-refractivity contribution < 1.29 is 4.79 Å². The zero-order chi connectivity index (χ0) is 9.68. The van der Waals surface area contributed by atoms with E-state index < -0.39 is 0 Å². The fourth-order valence-electron chi connectivity index (χ4n) is 0.936. The molecule has 2 N–H and O–H groups in total. The van der Waals surface area contributed by atoms with Crippen molar-refractivity contribution in [2.24, 2.45) is 5.73 Å². The van der Waals surface area contributed by atoms with E-state index in [2.05, 4.69) is 0 Å². The fourth-order valence-corrected chi connectivity index (χ4v) is 1.13. The van der Waals surface area contributed by atoms with Crippen LogP contribution in [-0.2, 0) is 0 Å². The summed E-state index contributed by atoms with van der Waals surface area (Å²) >= 11 is 5.67. The number of benzene rings is 1. The van der Waals surface area contributed by atoms with Crippen molar-refractivity contribution in [2.45, 2.75) is 0 Å². The third-order valence-corrected chi connectivity index (χ3v) is 1.89. The minimum absolute atomic E-state index is 0.215. The molecule has 0 aliphatic rings. The predicted molar refractivity (Wildman–Crippen MR) is 52.4 cm³/mol. The van der Waals surface area contributed by atoms with Gasteiger partial charge in [-0.05, 0) is 12.1 Å². The molecule has 1 aromatic carbocycles. The van der Waals surface area contributed by atoms with Gasteiger partial charge in [-0.2, -0.15) is 0 Å². The molecule has 0 atom stereocenters.